The average Bonchev–Trinajstić information content (AvgIpc) is 2.73. The van der Waals surface area contributed by atoms with E-state index < -0.39 is 11.9 Å². The van der Waals surface area contributed by atoms with Crippen LogP contribution in [0.15, 0.2) is 30.3 Å². The normalized spacial score (nSPS) is 10.8. The minimum Gasteiger partial charge on any atom is -0.490 e. The van der Waals surface area contributed by atoms with Gasteiger partial charge < -0.3 is 14.2 Å². The topological polar surface area (TPSA) is 61.8 Å². The van der Waals surface area contributed by atoms with Gasteiger partial charge in [-0.3, -0.25) is 9.59 Å². The number of carbonyl (C=O) groups excluding carboxylic acids is 2. The average molecular weight is 429 g/mol. The molecule has 0 bridgehead atoms. The highest BCUT2D eigenvalue weighted by atomic mass is 16.6. The number of carbonyl (C=O) groups is 2. The Labute approximate surface area is 186 Å². The van der Waals surface area contributed by atoms with Gasteiger partial charge in [0.05, 0.1) is 6.61 Å². The van der Waals surface area contributed by atoms with E-state index in [-0.39, 0.29) is 0 Å². The molecule has 2 aromatic carbocycles. The van der Waals surface area contributed by atoms with Crippen LogP contribution in [0.5, 0.6) is 17.2 Å². The molecule has 0 aliphatic carbocycles. The highest BCUT2D eigenvalue weighted by Gasteiger charge is 2.18. The maximum Gasteiger partial charge on any atom is 0.308 e. The molecule has 0 aliphatic rings. The summed E-state index contributed by atoms with van der Waals surface area (Å²) in [5.74, 6) is 0.351. The number of hydrogen-bond acceptors (Lipinski definition) is 5. The molecule has 0 aromatic heterocycles. The van der Waals surface area contributed by atoms with E-state index in [9.17, 15) is 9.59 Å². The van der Waals surface area contributed by atoms with E-state index in [0.29, 0.717) is 34.6 Å². The minimum atomic E-state index is -0.422. The fourth-order valence-corrected chi connectivity index (χ4v) is 3.66. The molecule has 0 unspecified atom stereocenters. The van der Waals surface area contributed by atoms with Crippen molar-refractivity contribution in [3.63, 3.8) is 0 Å². The molecule has 170 valence electrons. The quantitative estimate of drug-likeness (QED) is 0.184. The lowest BCUT2D eigenvalue weighted by Gasteiger charge is -2.16. The lowest BCUT2D eigenvalue weighted by molar-refractivity contribution is -0.133. The van der Waals surface area contributed by atoms with E-state index in [4.69, 9.17) is 14.2 Å². The largest absolute Gasteiger partial charge is 0.490 e. The number of ether oxygens (including phenoxy) is 3. The third-order valence-electron chi connectivity index (χ3n) is 5.18. The highest BCUT2D eigenvalue weighted by molar-refractivity contribution is 5.98. The van der Waals surface area contributed by atoms with Gasteiger partial charge in [0, 0.05) is 30.7 Å². The summed E-state index contributed by atoms with van der Waals surface area (Å²) in [4.78, 5) is 23.2. The van der Waals surface area contributed by atoms with Crippen molar-refractivity contribution in [2.24, 2.45) is 0 Å². The molecule has 0 atom stereocenters. The van der Waals surface area contributed by atoms with Crippen LogP contribution in [0.2, 0.25) is 0 Å². The molecule has 0 saturated heterocycles. The SMILES string of the molecule is CCCCCCCCCCCCOc1cc(OC(C)=O)c2ccccc2c1OC(C)=O. The number of rotatable bonds is 14. The fraction of sp³-hybridized carbons (Fsp3) is 0.538. The van der Waals surface area contributed by atoms with Gasteiger partial charge in [-0.25, -0.2) is 0 Å². The van der Waals surface area contributed by atoms with Gasteiger partial charge in [-0.15, -0.1) is 0 Å². The molecule has 0 radical (unpaired) electrons. The maximum atomic E-state index is 11.7. The van der Waals surface area contributed by atoms with Crippen molar-refractivity contribution in [3.8, 4) is 17.2 Å². The van der Waals surface area contributed by atoms with Gasteiger partial charge in [-0.2, -0.15) is 0 Å². The molecule has 2 aromatic rings. The Hall–Kier alpha value is -2.56. The Balaban J connectivity index is 1.94. The van der Waals surface area contributed by atoms with Gasteiger partial charge in [0.2, 0.25) is 0 Å². The zero-order valence-corrected chi connectivity index (χ0v) is 19.2. The zero-order chi connectivity index (χ0) is 22.5. The lowest BCUT2D eigenvalue weighted by Crippen LogP contribution is -2.08. The van der Waals surface area contributed by atoms with Crippen LogP contribution in [-0.4, -0.2) is 18.5 Å². The lowest BCUT2D eigenvalue weighted by atomic mass is 10.1. The predicted octanol–water partition coefficient (Wildman–Crippen LogP) is 6.99. The number of fused-ring (bicyclic) bond motifs is 1. The van der Waals surface area contributed by atoms with Crippen LogP contribution in [0, 0.1) is 0 Å². The summed E-state index contributed by atoms with van der Waals surface area (Å²) in [7, 11) is 0. The Morgan fingerprint density at radius 3 is 1.84 bits per heavy atom. The van der Waals surface area contributed by atoms with Crippen LogP contribution in [0.25, 0.3) is 10.8 Å². The number of esters is 2. The summed E-state index contributed by atoms with van der Waals surface area (Å²) in [6.45, 7) is 5.48. The van der Waals surface area contributed by atoms with Crippen LogP contribution in [0.4, 0.5) is 0 Å². The second-order valence-electron chi connectivity index (χ2n) is 7.97. The molecule has 0 spiro atoms. The van der Waals surface area contributed by atoms with Crippen LogP contribution < -0.4 is 14.2 Å². The van der Waals surface area contributed by atoms with Crippen molar-refractivity contribution in [1.29, 1.82) is 0 Å². The summed E-state index contributed by atoms with van der Waals surface area (Å²) < 4.78 is 16.8. The van der Waals surface area contributed by atoms with E-state index in [1.165, 1.54) is 65.2 Å². The molecular weight excluding hydrogens is 392 g/mol. The maximum absolute atomic E-state index is 11.7. The zero-order valence-electron chi connectivity index (χ0n) is 19.2. The summed E-state index contributed by atoms with van der Waals surface area (Å²) in [5, 5.41) is 1.37. The van der Waals surface area contributed by atoms with Crippen molar-refractivity contribution in [3.05, 3.63) is 30.3 Å². The third kappa shape index (κ3) is 8.60. The van der Waals surface area contributed by atoms with Gasteiger partial charge >= 0.3 is 11.9 Å². The number of hydrogen-bond donors (Lipinski definition) is 0. The summed E-state index contributed by atoms with van der Waals surface area (Å²) in [6.07, 6.45) is 12.5. The van der Waals surface area contributed by atoms with Crippen LogP contribution in [0.3, 0.4) is 0 Å². The second-order valence-corrected chi connectivity index (χ2v) is 7.97. The van der Waals surface area contributed by atoms with E-state index in [1.54, 1.807) is 6.07 Å². The van der Waals surface area contributed by atoms with Crippen molar-refractivity contribution in [1.82, 2.24) is 0 Å². The van der Waals surface area contributed by atoms with Crippen LogP contribution in [-0.2, 0) is 9.59 Å². The van der Waals surface area contributed by atoms with E-state index in [2.05, 4.69) is 6.92 Å². The van der Waals surface area contributed by atoms with Crippen molar-refractivity contribution < 1.29 is 23.8 Å². The Morgan fingerprint density at radius 2 is 1.26 bits per heavy atom. The predicted molar refractivity (Wildman–Crippen MR) is 124 cm³/mol. The van der Waals surface area contributed by atoms with E-state index >= 15 is 0 Å². The first-order valence-electron chi connectivity index (χ1n) is 11.6. The molecule has 5 heteroatoms. The molecule has 2 rings (SSSR count). The first kappa shape index (κ1) is 24.7. The second kappa shape index (κ2) is 13.7. The van der Waals surface area contributed by atoms with E-state index in [0.717, 1.165) is 12.8 Å². The van der Waals surface area contributed by atoms with Gasteiger partial charge in [0.25, 0.3) is 0 Å². The molecule has 5 nitrogen and oxygen atoms in total. The molecule has 0 aliphatic heterocycles. The molecule has 0 fully saturated rings. The molecule has 0 heterocycles. The van der Waals surface area contributed by atoms with Crippen LogP contribution >= 0.6 is 0 Å². The Morgan fingerprint density at radius 1 is 0.710 bits per heavy atom. The number of unbranched alkanes of at least 4 members (excludes halogenated alkanes) is 9. The summed E-state index contributed by atoms with van der Waals surface area (Å²) >= 11 is 0. The van der Waals surface area contributed by atoms with E-state index in [1.807, 2.05) is 24.3 Å². The molecule has 0 N–H and O–H groups in total. The first-order chi connectivity index (χ1) is 15.0. The van der Waals surface area contributed by atoms with Gasteiger partial charge in [0.1, 0.15) is 5.75 Å². The minimum absolute atomic E-state index is 0.367. The van der Waals surface area contributed by atoms with Crippen molar-refractivity contribution >= 4 is 22.7 Å². The standard InChI is InChI=1S/C26H36O5/c1-4-5-6-7-8-9-10-11-12-15-18-29-25-19-24(30-20(2)27)22-16-13-14-17-23(22)26(25)31-21(3)28/h13-14,16-17,19H,4-12,15,18H2,1-3H3. The smallest absolute Gasteiger partial charge is 0.308 e. The Kier molecular flexibility index (Phi) is 10.9. The monoisotopic (exact) mass is 428 g/mol. The summed E-state index contributed by atoms with van der Waals surface area (Å²) in [6, 6.07) is 8.98. The highest BCUT2D eigenvalue weighted by Crippen LogP contribution is 2.42. The first-order valence-corrected chi connectivity index (χ1v) is 11.6. The Bertz CT molecular complexity index is 843. The van der Waals surface area contributed by atoms with Gasteiger partial charge in [0.15, 0.2) is 11.5 Å². The molecule has 31 heavy (non-hydrogen) atoms. The number of benzene rings is 2. The van der Waals surface area contributed by atoms with Gasteiger partial charge in [-0.05, 0) is 6.42 Å². The summed E-state index contributed by atoms with van der Waals surface area (Å²) in [5.41, 5.74) is 0. The van der Waals surface area contributed by atoms with Crippen molar-refractivity contribution in [2.45, 2.75) is 85.0 Å². The molecule has 0 saturated carbocycles. The van der Waals surface area contributed by atoms with Crippen molar-refractivity contribution in [2.75, 3.05) is 6.61 Å². The van der Waals surface area contributed by atoms with Gasteiger partial charge in [-0.1, -0.05) is 89.0 Å². The third-order valence-corrected chi connectivity index (χ3v) is 5.18. The molecular formula is C26H36O5. The molecule has 0 amide bonds. The fourth-order valence-electron chi connectivity index (χ4n) is 3.66. The van der Waals surface area contributed by atoms with Crippen LogP contribution in [0.1, 0.15) is 85.0 Å².